The largest absolute Gasteiger partial charge is 0.340 e. The number of piperidine rings is 1. The van der Waals surface area contributed by atoms with E-state index in [1.54, 1.807) is 24.1 Å². The van der Waals surface area contributed by atoms with Gasteiger partial charge in [-0.3, -0.25) is 4.79 Å². The molecule has 6 nitrogen and oxygen atoms in total. The van der Waals surface area contributed by atoms with Crippen LogP contribution in [0.15, 0.2) is 16.3 Å². The van der Waals surface area contributed by atoms with Crippen LogP contribution >= 0.6 is 11.3 Å². The van der Waals surface area contributed by atoms with Gasteiger partial charge in [-0.05, 0) is 42.9 Å². The summed E-state index contributed by atoms with van der Waals surface area (Å²) < 4.78 is 27.3. The number of sulfonamides is 1. The highest BCUT2D eigenvalue weighted by molar-refractivity contribution is 7.91. The highest BCUT2D eigenvalue weighted by atomic mass is 32.2. The first-order valence-corrected chi connectivity index (χ1v) is 10.9. The molecule has 2 heterocycles. The number of thiophene rings is 1. The SMILES string of the molecule is CC1CCN(S(=O)(=O)c2ccc(C(=O)N(C)CC(C)(C)CN)s2)CC1. The average Bonchev–Trinajstić information content (AvgIpc) is 3.05. The molecule has 0 saturated carbocycles. The van der Waals surface area contributed by atoms with Crippen LogP contribution in [0.3, 0.4) is 0 Å². The number of hydrogen-bond donors (Lipinski definition) is 1. The average molecular weight is 388 g/mol. The number of hydrogen-bond acceptors (Lipinski definition) is 5. The predicted octanol–water partition coefficient (Wildman–Crippen LogP) is 2.23. The van der Waals surface area contributed by atoms with Gasteiger partial charge in [0.2, 0.25) is 0 Å². The monoisotopic (exact) mass is 387 g/mol. The van der Waals surface area contributed by atoms with Crippen molar-refractivity contribution in [1.29, 1.82) is 0 Å². The highest BCUT2D eigenvalue weighted by Crippen LogP contribution is 2.29. The smallest absolute Gasteiger partial charge is 0.263 e. The van der Waals surface area contributed by atoms with Crippen LogP contribution in [0, 0.1) is 11.3 Å². The van der Waals surface area contributed by atoms with Crippen molar-refractivity contribution in [2.75, 3.05) is 33.2 Å². The predicted molar refractivity (Wildman–Crippen MR) is 101 cm³/mol. The van der Waals surface area contributed by atoms with Gasteiger partial charge in [0, 0.05) is 26.7 Å². The molecule has 142 valence electrons. The summed E-state index contributed by atoms with van der Waals surface area (Å²) in [5, 5.41) is 0. The van der Waals surface area contributed by atoms with Crippen LogP contribution in [0.4, 0.5) is 0 Å². The second-order valence-corrected chi connectivity index (χ2v) is 11.0. The lowest BCUT2D eigenvalue weighted by molar-refractivity contribution is 0.0745. The van der Waals surface area contributed by atoms with Crippen molar-refractivity contribution in [2.45, 2.75) is 37.8 Å². The van der Waals surface area contributed by atoms with Gasteiger partial charge in [0.05, 0.1) is 4.88 Å². The van der Waals surface area contributed by atoms with Gasteiger partial charge in [0.25, 0.3) is 15.9 Å². The third-order valence-electron chi connectivity index (χ3n) is 4.69. The summed E-state index contributed by atoms with van der Waals surface area (Å²) in [5.74, 6) is 0.395. The van der Waals surface area contributed by atoms with Crippen molar-refractivity contribution in [1.82, 2.24) is 9.21 Å². The van der Waals surface area contributed by atoms with Crippen molar-refractivity contribution in [3.63, 3.8) is 0 Å². The maximum Gasteiger partial charge on any atom is 0.263 e. The summed E-state index contributed by atoms with van der Waals surface area (Å²) in [6.07, 6.45) is 1.76. The number of nitrogens with zero attached hydrogens (tertiary/aromatic N) is 2. The molecule has 0 atom stereocenters. The summed E-state index contributed by atoms with van der Waals surface area (Å²) in [6.45, 7) is 8.24. The standard InChI is InChI=1S/C17H29N3O3S2/c1-13-7-9-20(10-8-13)25(22,23)15-6-5-14(24-15)16(21)19(4)12-17(2,3)11-18/h5-6,13H,7-12,18H2,1-4H3. The maximum absolute atomic E-state index is 12.8. The van der Waals surface area contributed by atoms with Crippen LogP contribution in [0.1, 0.15) is 43.3 Å². The van der Waals surface area contributed by atoms with E-state index in [0.717, 1.165) is 24.2 Å². The minimum Gasteiger partial charge on any atom is -0.340 e. The Labute approximate surface area is 155 Å². The minimum absolute atomic E-state index is 0.166. The number of carbonyl (C=O) groups is 1. The second kappa shape index (κ2) is 7.73. The zero-order chi connectivity index (χ0) is 18.8. The van der Waals surface area contributed by atoms with E-state index >= 15 is 0 Å². The molecule has 1 aliphatic heterocycles. The van der Waals surface area contributed by atoms with E-state index in [2.05, 4.69) is 6.92 Å². The quantitative estimate of drug-likeness (QED) is 0.811. The molecule has 0 bridgehead atoms. The van der Waals surface area contributed by atoms with Gasteiger partial charge in [0.1, 0.15) is 4.21 Å². The maximum atomic E-state index is 12.8. The van der Waals surface area contributed by atoms with Crippen molar-refractivity contribution < 1.29 is 13.2 Å². The molecule has 1 aromatic rings. The van der Waals surface area contributed by atoms with Gasteiger partial charge >= 0.3 is 0 Å². The van der Waals surface area contributed by atoms with Crippen LogP contribution < -0.4 is 5.73 Å². The first-order chi connectivity index (χ1) is 11.6. The molecule has 2 N–H and O–H groups in total. The molecule has 8 heteroatoms. The van der Waals surface area contributed by atoms with Crippen molar-refractivity contribution in [3.8, 4) is 0 Å². The summed E-state index contributed by atoms with van der Waals surface area (Å²) in [5.41, 5.74) is 5.55. The fraction of sp³-hybridized carbons (Fsp3) is 0.706. The first-order valence-electron chi connectivity index (χ1n) is 8.62. The molecule has 0 radical (unpaired) electrons. The first kappa shape index (κ1) is 20.4. The zero-order valence-electron chi connectivity index (χ0n) is 15.5. The Morgan fingerprint density at radius 2 is 1.96 bits per heavy atom. The lowest BCUT2D eigenvalue weighted by Gasteiger charge is -2.29. The van der Waals surface area contributed by atoms with Crippen LogP contribution in [0.5, 0.6) is 0 Å². The molecule has 0 aromatic carbocycles. The number of nitrogens with two attached hydrogens (primary N) is 1. The Balaban J connectivity index is 2.12. The summed E-state index contributed by atoms with van der Waals surface area (Å²) in [6, 6.07) is 3.16. The highest BCUT2D eigenvalue weighted by Gasteiger charge is 2.30. The Morgan fingerprint density at radius 3 is 2.52 bits per heavy atom. The molecule has 0 aliphatic carbocycles. The molecular formula is C17H29N3O3S2. The van der Waals surface area contributed by atoms with Crippen LogP contribution in [-0.2, 0) is 10.0 Å². The van der Waals surface area contributed by atoms with Gasteiger partial charge in [-0.25, -0.2) is 8.42 Å². The van der Waals surface area contributed by atoms with E-state index in [1.165, 1.54) is 4.31 Å². The fourth-order valence-corrected chi connectivity index (χ4v) is 5.82. The molecule has 1 aromatic heterocycles. The Bertz CT molecular complexity index is 704. The molecule has 2 rings (SSSR count). The third kappa shape index (κ3) is 4.81. The van der Waals surface area contributed by atoms with Crippen molar-refractivity contribution >= 4 is 27.3 Å². The summed E-state index contributed by atoms with van der Waals surface area (Å²) >= 11 is 1.05. The van der Waals surface area contributed by atoms with Gasteiger partial charge in [-0.2, -0.15) is 4.31 Å². The van der Waals surface area contributed by atoms with E-state index in [0.29, 0.717) is 37.0 Å². The number of carbonyl (C=O) groups excluding carboxylic acids is 1. The second-order valence-electron chi connectivity index (χ2n) is 7.73. The van der Waals surface area contributed by atoms with Crippen LogP contribution in [0.25, 0.3) is 0 Å². The van der Waals surface area contributed by atoms with E-state index < -0.39 is 10.0 Å². The lowest BCUT2D eigenvalue weighted by Crippen LogP contribution is -2.39. The minimum atomic E-state index is -3.50. The zero-order valence-corrected chi connectivity index (χ0v) is 17.1. The molecule has 1 aliphatic rings. The van der Waals surface area contributed by atoms with E-state index in [4.69, 9.17) is 5.73 Å². The Kier molecular flexibility index (Phi) is 6.30. The van der Waals surface area contributed by atoms with Gasteiger partial charge in [-0.15, -0.1) is 11.3 Å². The molecule has 25 heavy (non-hydrogen) atoms. The fourth-order valence-electron chi connectivity index (χ4n) is 2.89. The third-order valence-corrected chi connectivity index (χ3v) is 8.13. The van der Waals surface area contributed by atoms with E-state index in [9.17, 15) is 13.2 Å². The van der Waals surface area contributed by atoms with Crippen LogP contribution in [-0.4, -0.2) is 56.8 Å². The molecule has 1 fully saturated rings. The number of amides is 1. The Morgan fingerprint density at radius 1 is 1.36 bits per heavy atom. The lowest BCUT2D eigenvalue weighted by atomic mass is 9.93. The topological polar surface area (TPSA) is 83.7 Å². The summed E-state index contributed by atoms with van der Waals surface area (Å²) in [7, 11) is -1.78. The van der Waals surface area contributed by atoms with Gasteiger partial charge in [-0.1, -0.05) is 20.8 Å². The van der Waals surface area contributed by atoms with Gasteiger partial charge in [0.15, 0.2) is 0 Å². The number of rotatable bonds is 6. The molecule has 0 unspecified atom stereocenters. The molecular weight excluding hydrogens is 358 g/mol. The van der Waals surface area contributed by atoms with E-state index in [-0.39, 0.29) is 15.5 Å². The van der Waals surface area contributed by atoms with Crippen molar-refractivity contribution in [2.24, 2.45) is 17.1 Å². The van der Waals surface area contributed by atoms with Gasteiger partial charge < -0.3 is 10.6 Å². The molecule has 1 saturated heterocycles. The normalized spacial score (nSPS) is 17.6. The van der Waals surface area contributed by atoms with Crippen LogP contribution in [0.2, 0.25) is 0 Å². The van der Waals surface area contributed by atoms with E-state index in [1.807, 2.05) is 13.8 Å². The Hall–Kier alpha value is -0.960. The summed E-state index contributed by atoms with van der Waals surface area (Å²) in [4.78, 5) is 14.6. The molecule has 1 amide bonds. The van der Waals surface area contributed by atoms with Crippen molar-refractivity contribution in [3.05, 3.63) is 17.0 Å². The molecule has 0 spiro atoms.